The van der Waals surface area contributed by atoms with Gasteiger partial charge >= 0.3 is 0 Å². The smallest absolute Gasteiger partial charge is 0.0247 e. The van der Waals surface area contributed by atoms with Gasteiger partial charge < -0.3 is 0 Å². The van der Waals surface area contributed by atoms with Gasteiger partial charge in [-0.15, -0.1) is 0 Å². The van der Waals surface area contributed by atoms with Crippen LogP contribution >= 0.6 is 27.5 Å². The highest BCUT2D eigenvalue weighted by atomic mass is 79.9. The summed E-state index contributed by atoms with van der Waals surface area (Å²) >= 11 is 8.54. The molecule has 0 bridgehead atoms. The standard InChI is InChI=1S/C4H6BrCl/c1-2-4(6)3-5/h3H,2H2,1H3. The minimum Gasteiger partial charge on any atom is -0.0886 e. The molecule has 0 aromatic carbocycles. The molecule has 0 aliphatic heterocycles. The van der Waals surface area contributed by atoms with E-state index in [-0.39, 0.29) is 0 Å². The number of rotatable bonds is 1. The van der Waals surface area contributed by atoms with Crippen LogP contribution in [0.2, 0.25) is 0 Å². The molecule has 0 amide bonds. The summed E-state index contributed by atoms with van der Waals surface area (Å²) in [7, 11) is 0. The highest BCUT2D eigenvalue weighted by Crippen LogP contribution is 2.06. The van der Waals surface area contributed by atoms with Gasteiger partial charge in [0.05, 0.1) is 0 Å². The van der Waals surface area contributed by atoms with E-state index >= 15 is 0 Å². The summed E-state index contributed by atoms with van der Waals surface area (Å²) in [5.74, 6) is 0. The third-order valence-corrected chi connectivity index (χ3v) is 1.65. The molecule has 0 rings (SSSR count). The number of allylic oxidation sites excluding steroid dienone is 1. The van der Waals surface area contributed by atoms with Crippen LogP contribution in [0.5, 0.6) is 0 Å². The third-order valence-electron chi connectivity index (χ3n) is 0.456. The summed E-state index contributed by atoms with van der Waals surface area (Å²) in [6.45, 7) is 2.00. The Kier molecular flexibility index (Phi) is 4.01. The maximum Gasteiger partial charge on any atom is 0.0247 e. The zero-order valence-electron chi connectivity index (χ0n) is 3.54. The van der Waals surface area contributed by atoms with Crippen LogP contribution < -0.4 is 0 Å². The average Bonchev–Trinajstić information content (AvgIpc) is 1.65. The molecule has 0 aliphatic rings. The molecule has 0 spiro atoms. The predicted octanol–water partition coefficient (Wildman–Crippen LogP) is 2.87. The predicted molar refractivity (Wildman–Crippen MR) is 33.2 cm³/mol. The van der Waals surface area contributed by atoms with Crippen molar-refractivity contribution in [3.63, 3.8) is 0 Å². The maximum atomic E-state index is 5.46. The molecule has 0 atom stereocenters. The fraction of sp³-hybridized carbons (Fsp3) is 0.500. The highest BCUT2D eigenvalue weighted by molar-refractivity contribution is 9.11. The van der Waals surface area contributed by atoms with Crippen molar-refractivity contribution < 1.29 is 0 Å². The van der Waals surface area contributed by atoms with Crippen LogP contribution in [0.15, 0.2) is 10.0 Å². The van der Waals surface area contributed by atoms with E-state index in [4.69, 9.17) is 11.6 Å². The van der Waals surface area contributed by atoms with Crippen LogP contribution in [-0.2, 0) is 0 Å². The summed E-state index contributed by atoms with van der Waals surface area (Å²) in [4.78, 5) is 1.72. The lowest BCUT2D eigenvalue weighted by molar-refractivity contribution is 1.20. The van der Waals surface area contributed by atoms with E-state index in [0.29, 0.717) is 0 Å². The van der Waals surface area contributed by atoms with E-state index in [2.05, 4.69) is 15.9 Å². The van der Waals surface area contributed by atoms with Crippen LogP contribution in [0.25, 0.3) is 0 Å². The second-order valence-corrected chi connectivity index (χ2v) is 1.85. The molecule has 0 unspecified atom stereocenters. The summed E-state index contributed by atoms with van der Waals surface area (Å²) in [6.07, 6.45) is 0.910. The van der Waals surface area contributed by atoms with E-state index in [1.54, 1.807) is 4.99 Å². The molecule has 0 heterocycles. The van der Waals surface area contributed by atoms with Gasteiger partial charge in [-0.25, -0.2) is 0 Å². The summed E-state index contributed by atoms with van der Waals surface area (Å²) in [5.41, 5.74) is 0. The molecular weight excluding hydrogens is 163 g/mol. The monoisotopic (exact) mass is 168 g/mol. The second kappa shape index (κ2) is 3.69. The van der Waals surface area contributed by atoms with Gasteiger partial charge in [-0.3, -0.25) is 0 Å². The lowest BCUT2D eigenvalue weighted by Gasteiger charge is -1.80. The van der Waals surface area contributed by atoms with Gasteiger partial charge in [0.25, 0.3) is 0 Å². The lowest BCUT2D eigenvalue weighted by Crippen LogP contribution is -1.56. The Hall–Kier alpha value is 0.510. The Morgan fingerprint density at radius 1 is 2.00 bits per heavy atom. The van der Waals surface area contributed by atoms with Crippen LogP contribution in [0.3, 0.4) is 0 Å². The van der Waals surface area contributed by atoms with Gasteiger partial charge in [0.2, 0.25) is 0 Å². The van der Waals surface area contributed by atoms with E-state index in [1.807, 2.05) is 6.92 Å². The van der Waals surface area contributed by atoms with Crippen molar-refractivity contribution in [3.05, 3.63) is 10.0 Å². The molecule has 0 saturated carbocycles. The van der Waals surface area contributed by atoms with Gasteiger partial charge in [-0.2, -0.15) is 0 Å². The Balaban J connectivity index is 3.22. The minimum absolute atomic E-state index is 0.856. The zero-order valence-corrected chi connectivity index (χ0v) is 5.88. The molecular formula is C4H6BrCl. The topological polar surface area (TPSA) is 0 Å². The van der Waals surface area contributed by atoms with Crippen molar-refractivity contribution in [3.8, 4) is 0 Å². The largest absolute Gasteiger partial charge is 0.0886 e. The molecule has 0 nitrogen and oxygen atoms in total. The van der Waals surface area contributed by atoms with Gasteiger partial charge in [0, 0.05) is 5.03 Å². The molecule has 6 heavy (non-hydrogen) atoms. The maximum absolute atomic E-state index is 5.46. The lowest BCUT2D eigenvalue weighted by atomic mass is 10.5. The molecule has 2 heteroatoms. The van der Waals surface area contributed by atoms with Crippen LogP contribution in [0.4, 0.5) is 0 Å². The van der Waals surface area contributed by atoms with Crippen molar-refractivity contribution in [1.82, 2.24) is 0 Å². The number of halogens is 2. The van der Waals surface area contributed by atoms with E-state index < -0.39 is 0 Å². The normalized spacial score (nSPS) is 12.2. The quantitative estimate of drug-likeness (QED) is 0.566. The molecule has 0 aromatic heterocycles. The summed E-state index contributed by atoms with van der Waals surface area (Å²) < 4.78 is 0. The first-order valence-corrected chi connectivity index (χ1v) is 3.05. The first kappa shape index (κ1) is 6.51. The van der Waals surface area contributed by atoms with Crippen molar-refractivity contribution in [2.75, 3.05) is 0 Å². The molecule has 0 N–H and O–H groups in total. The molecule has 36 valence electrons. The Morgan fingerprint density at radius 2 is 2.50 bits per heavy atom. The van der Waals surface area contributed by atoms with Crippen molar-refractivity contribution >= 4 is 27.5 Å². The van der Waals surface area contributed by atoms with Gasteiger partial charge in [-0.1, -0.05) is 34.5 Å². The van der Waals surface area contributed by atoms with Crippen LogP contribution in [0, 0.1) is 0 Å². The molecule has 0 fully saturated rings. The molecule has 0 radical (unpaired) electrons. The van der Waals surface area contributed by atoms with Crippen molar-refractivity contribution in [2.45, 2.75) is 13.3 Å². The Morgan fingerprint density at radius 3 is 2.50 bits per heavy atom. The van der Waals surface area contributed by atoms with Gasteiger partial charge in [0.15, 0.2) is 0 Å². The number of hydrogen-bond acceptors (Lipinski definition) is 0. The van der Waals surface area contributed by atoms with Gasteiger partial charge in [0.1, 0.15) is 0 Å². The van der Waals surface area contributed by atoms with E-state index in [9.17, 15) is 0 Å². The Bertz CT molecular complexity index is 58.6. The number of hydrogen-bond donors (Lipinski definition) is 0. The fourth-order valence-corrected chi connectivity index (χ4v) is 0.401. The SMILES string of the molecule is CCC(Cl)=CBr. The van der Waals surface area contributed by atoms with E-state index in [1.165, 1.54) is 0 Å². The van der Waals surface area contributed by atoms with Crippen LogP contribution in [0.1, 0.15) is 13.3 Å². The van der Waals surface area contributed by atoms with Crippen molar-refractivity contribution in [2.24, 2.45) is 0 Å². The molecule has 0 aromatic rings. The first-order valence-electron chi connectivity index (χ1n) is 1.76. The molecule has 0 saturated heterocycles. The summed E-state index contributed by atoms with van der Waals surface area (Å²) in [5, 5.41) is 0.856. The average molecular weight is 169 g/mol. The Labute approximate surface area is 51.3 Å². The third kappa shape index (κ3) is 2.73. The summed E-state index contributed by atoms with van der Waals surface area (Å²) in [6, 6.07) is 0. The van der Waals surface area contributed by atoms with Crippen molar-refractivity contribution in [1.29, 1.82) is 0 Å². The molecule has 0 aliphatic carbocycles. The van der Waals surface area contributed by atoms with Gasteiger partial charge in [-0.05, 0) is 11.4 Å². The minimum atomic E-state index is 0.856. The fourth-order valence-electron chi connectivity index (χ4n) is 0.0772. The second-order valence-electron chi connectivity index (χ2n) is 0.910. The van der Waals surface area contributed by atoms with E-state index in [0.717, 1.165) is 11.5 Å². The van der Waals surface area contributed by atoms with Crippen LogP contribution in [-0.4, -0.2) is 0 Å². The zero-order chi connectivity index (χ0) is 4.99. The first-order chi connectivity index (χ1) is 2.81. The highest BCUT2D eigenvalue weighted by Gasteiger charge is 1.77.